The summed E-state index contributed by atoms with van der Waals surface area (Å²) in [6, 6.07) is 17.2. The average Bonchev–Trinajstić information content (AvgIpc) is 2.60. The van der Waals surface area contributed by atoms with Crippen LogP contribution in [0, 0.1) is 0 Å². The molecular weight excluding hydrogens is 312 g/mol. The van der Waals surface area contributed by atoms with E-state index in [-0.39, 0.29) is 12.0 Å². The summed E-state index contributed by atoms with van der Waals surface area (Å²) in [5, 5.41) is 3.87. The Kier molecular flexibility index (Phi) is 5.09. The minimum absolute atomic E-state index is 0.112. The van der Waals surface area contributed by atoms with E-state index in [0.29, 0.717) is 5.69 Å². The summed E-state index contributed by atoms with van der Waals surface area (Å²) >= 11 is 0. The van der Waals surface area contributed by atoms with E-state index >= 15 is 0 Å². The molecule has 0 saturated carbocycles. The maximum Gasteiger partial charge on any atom is 0.248 e. The van der Waals surface area contributed by atoms with E-state index in [4.69, 9.17) is 4.74 Å². The SMILES string of the molecule is CC(C)Oc1cccc(/C=C/C(=O)Nc2cccc3cccnc23)c1. The van der Waals surface area contributed by atoms with Crippen molar-refractivity contribution in [3.63, 3.8) is 0 Å². The van der Waals surface area contributed by atoms with Crippen molar-refractivity contribution in [1.29, 1.82) is 0 Å². The molecule has 1 aromatic heterocycles. The van der Waals surface area contributed by atoms with E-state index in [1.54, 1.807) is 12.3 Å². The monoisotopic (exact) mass is 332 g/mol. The first-order valence-electron chi connectivity index (χ1n) is 8.21. The molecule has 0 spiro atoms. The van der Waals surface area contributed by atoms with Gasteiger partial charge in [0.05, 0.1) is 17.3 Å². The molecule has 3 aromatic rings. The Labute approximate surface area is 147 Å². The molecule has 0 unspecified atom stereocenters. The number of amides is 1. The third-order valence-electron chi connectivity index (χ3n) is 3.55. The number of carbonyl (C=O) groups excluding carboxylic acids is 1. The van der Waals surface area contributed by atoms with Crippen LogP contribution in [0.25, 0.3) is 17.0 Å². The lowest BCUT2D eigenvalue weighted by Gasteiger charge is -2.09. The van der Waals surface area contributed by atoms with Gasteiger partial charge in [0.25, 0.3) is 0 Å². The maximum atomic E-state index is 12.2. The van der Waals surface area contributed by atoms with Gasteiger partial charge in [-0.1, -0.05) is 30.3 Å². The molecule has 0 aliphatic rings. The summed E-state index contributed by atoms with van der Waals surface area (Å²) in [6.45, 7) is 3.96. The van der Waals surface area contributed by atoms with Crippen molar-refractivity contribution in [3.05, 3.63) is 72.4 Å². The molecule has 4 nitrogen and oxygen atoms in total. The molecule has 0 fully saturated rings. The Morgan fingerprint density at radius 1 is 1.12 bits per heavy atom. The lowest BCUT2D eigenvalue weighted by molar-refractivity contribution is -0.111. The second kappa shape index (κ2) is 7.62. The zero-order valence-corrected chi connectivity index (χ0v) is 14.3. The second-order valence-electron chi connectivity index (χ2n) is 5.94. The topological polar surface area (TPSA) is 51.2 Å². The normalized spacial score (nSPS) is 11.2. The van der Waals surface area contributed by atoms with Crippen molar-refractivity contribution in [3.8, 4) is 5.75 Å². The van der Waals surface area contributed by atoms with Crippen molar-refractivity contribution in [2.45, 2.75) is 20.0 Å². The predicted octanol–water partition coefficient (Wildman–Crippen LogP) is 4.67. The summed E-state index contributed by atoms with van der Waals surface area (Å²) < 4.78 is 5.66. The van der Waals surface area contributed by atoms with Crippen LogP contribution in [0.1, 0.15) is 19.4 Å². The minimum atomic E-state index is -0.201. The molecule has 0 bridgehead atoms. The molecule has 2 aromatic carbocycles. The fourth-order valence-corrected chi connectivity index (χ4v) is 2.52. The number of benzene rings is 2. The maximum absolute atomic E-state index is 12.2. The number of hydrogen-bond acceptors (Lipinski definition) is 3. The number of pyridine rings is 1. The number of nitrogens with one attached hydrogen (secondary N) is 1. The van der Waals surface area contributed by atoms with Crippen LogP contribution < -0.4 is 10.1 Å². The average molecular weight is 332 g/mol. The highest BCUT2D eigenvalue weighted by atomic mass is 16.5. The van der Waals surface area contributed by atoms with Crippen molar-refractivity contribution in [2.24, 2.45) is 0 Å². The zero-order chi connectivity index (χ0) is 17.6. The molecule has 3 rings (SSSR count). The molecule has 25 heavy (non-hydrogen) atoms. The zero-order valence-electron chi connectivity index (χ0n) is 14.3. The predicted molar refractivity (Wildman–Crippen MR) is 102 cm³/mol. The van der Waals surface area contributed by atoms with Crippen LogP contribution in [0.3, 0.4) is 0 Å². The summed E-state index contributed by atoms with van der Waals surface area (Å²) in [5.41, 5.74) is 2.38. The molecule has 1 N–H and O–H groups in total. The van der Waals surface area contributed by atoms with Crippen molar-refractivity contribution < 1.29 is 9.53 Å². The number of carbonyl (C=O) groups is 1. The third kappa shape index (κ3) is 4.44. The standard InChI is InChI=1S/C21H20N2O2/c1-15(2)25-18-9-3-6-16(14-18)11-12-20(24)23-19-10-4-7-17-8-5-13-22-21(17)19/h3-15H,1-2H3,(H,23,24)/b12-11+. The second-order valence-corrected chi connectivity index (χ2v) is 5.94. The number of anilines is 1. The molecule has 0 aliphatic carbocycles. The van der Waals surface area contributed by atoms with E-state index in [2.05, 4.69) is 10.3 Å². The van der Waals surface area contributed by atoms with Gasteiger partial charge >= 0.3 is 0 Å². The largest absolute Gasteiger partial charge is 0.491 e. The highest BCUT2D eigenvalue weighted by Gasteiger charge is 2.04. The van der Waals surface area contributed by atoms with Crippen LogP contribution in [0.15, 0.2) is 66.9 Å². The van der Waals surface area contributed by atoms with Crippen LogP contribution in [0.4, 0.5) is 5.69 Å². The summed E-state index contributed by atoms with van der Waals surface area (Å²) in [6.07, 6.45) is 5.10. The van der Waals surface area contributed by atoms with E-state index in [0.717, 1.165) is 22.2 Å². The van der Waals surface area contributed by atoms with Gasteiger partial charge in [-0.05, 0) is 49.8 Å². The molecular formula is C21H20N2O2. The first kappa shape index (κ1) is 16.7. The summed E-state index contributed by atoms with van der Waals surface area (Å²) in [5.74, 6) is 0.587. The number of fused-ring (bicyclic) bond motifs is 1. The van der Waals surface area contributed by atoms with Gasteiger partial charge in [0.15, 0.2) is 0 Å². The van der Waals surface area contributed by atoms with Gasteiger partial charge in [0, 0.05) is 17.7 Å². The quantitative estimate of drug-likeness (QED) is 0.691. The van der Waals surface area contributed by atoms with Crippen molar-refractivity contribution in [2.75, 3.05) is 5.32 Å². The van der Waals surface area contributed by atoms with E-state index in [1.165, 1.54) is 6.08 Å². The number of para-hydroxylation sites is 1. The molecule has 0 aliphatic heterocycles. The Hall–Kier alpha value is -3.14. The molecule has 0 saturated heterocycles. The highest BCUT2D eigenvalue weighted by molar-refractivity contribution is 6.06. The fraction of sp³-hybridized carbons (Fsp3) is 0.143. The first-order valence-corrected chi connectivity index (χ1v) is 8.21. The Morgan fingerprint density at radius 3 is 2.76 bits per heavy atom. The Morgan fingerprint density at radius 2 is 1.92 bits per heavy atom. The lowest BCUT2D eigenvalue weighted by Crippen LogP contribution is -2.08. The highest BCUT2D eigenvalue weighted by Crippen LogP contribution is 2.21. The van der Waals surface area contributed by atoms with Gasteiger partial charge in [0.1, 0.15) is 5.75 Å². The summed E-state index contributed by atoms with van der Waals surface area (Å²) in [7, 11) is 0. The minimum Gasteiger partial charge on any atom is -0.491 e. The van der Waals surface area contributed by atoms with Gasteiger partial charge in [-0.25, -0.2) is 0 Å². The molecule has 126 valence electrons. The lowest BCUT2D eigenvalue weighted by atomic mass is 10.2. The molecule has 0 atom stereocenters. The van der Waals surface area contributed by atoms with Crippen LogP contribution in [0.2, 0.25) is 0 Å². The fourth-order valence-electron chi connectivity index (χ4n) is 2.52. The smallest absolute Gasteiger partial charge is 0.248 e. The van der Waals surface area contributed by atoms with Crippen LogP contribution >= 0.6 is 0 Å². The van der Waals surface area contributed by atoms with Gasteiger partial charge in [-0.2, -0.15) is 0 Å². The van der Waals surface area contributed by atoms with Crippen molar-refractivity contribution >= 4 is 28.6 Å². The number of ether oxygens (including phenoxy) is 1. The Bertz CT molecular complexity index is 911. The number of aromatic nitrogens is 1. The Balaban J connectivity index is 1.73. The van der Waals surface area contributed by atoms with E-state index < -0.39 is 0 Å². The number of rotatable bonds is 5. The van der Waals surface area contributed by atoms with Crippen LogP contribution in [-0.2, 0) is 4.79 Å². The molecule has 1 heterocycles. The third-order valence-corrected chi connectivity index (χ3v) is 3.55. The summed E-state index contributed by atoms with van der Waals surface area (Å²) in [4.78, 5) is 16.6. The molecule has 1 amide bonds. The van der Waals surface area contributed by atoms with E-state index in [1.807, 2.05) is 68.4 Å². The van der Waals surface area contributed by atoms with Crippen LogP contribution in [0.5, 0.6) is 5.75 Å². The molecule has 0 radical (unpaired) electrons. The molecule has 4 heteroatoms. The van der Waals surface area contributed by atoms with Gasteiger partial charge in [-0.15, -0.1) is 0 Å². The van der Waals surface area contributed by atoms with E-state index in [9.17, 15) is 4.79 Å². The first-order chi connectivity index (χ1) is 12.1. The van der Waals surface area contributed by atoms with Gasteiger partial charge in [-0.3, -0.25) is 9.78 Å². The van der Waals surface area contributed by atoms with Crippen LogP contribution in [-0.4, -0.2) is 17.0 Å². The number of hydrogen-bond donors (Lipinski definition) is 1. The van der Waals surface area contributed by atoms with Gasteiger partial charge in [0.2, 0.25) is 5.91 Å². The van der Waals surface area contributed by atoms with Gasteiger partial charge < -0.3 is 10.1 Å². The number of nitrogens with zero attached hydrogens (tertiary/aromatic N) is 1. The van der Waals surface area contributed by atoms with Crippen molar-refractivity contribution in [1.82, 2.24) is 4.98 Å².